The fraction of sp³-hybridized carbons (Fsp3) is 0.111. The van der Waals surface area contributed by atoms with Crippen molar-refractivity contribution in [2.24, 2.45) is 0 Å². The molecule has 5 rings (SSSR count). The normalized spacial score (nSPS) is 14.9. The number of rotatable bonds is 6. The number of hydrogen-bond donors (Lipinski definition) is 0. The third kappa shape index (κ3) is 3.76. The molecule has 1 unspecified atom stereocenters. The Balaban J connectivity index is 1.67. The molecule has 1 aliphatic rings. The maximum Gasteiger partial charge on any atom is 0.291 e. The molecule has 4 aromatic rings. The van der Waals surface area contributed by atoms with Crippen molar-refractivity contribution < 1.29 is 18.3 Å². The minimum absolute atomic E-state index is 0.0480. The molecule has 0 aliphatic carbocycles. The highest BCUT2D eigenvalue weighted by Crippen LogP contribution is 2.40. The van der Waals surface area contributed by atoms with Gasteiger partial charge in [0, 0.05) is 11.6 Å². The Bertz CT molecular complexity index is 1480. The van der Waals surface area contributed by atoms with E-state index in [9.17, 15) is 14.0 Å². The van der Waals surface area contributed by atoms with E-state index in [2.05, 4.69) is 6.58 Å². The van der Waals surface area contributed by atoms with Gasteiger partial charge in [-0.1, -0.05) is 54.6 Å². The Labute approximate surface area is 199 Å². The van der Waals surface area contributed by atoms with Crippen molar-refractivity contribution in [3.63, 3.8) is 0 Å². The lowest BCUT2D eigenvalue weighted by Crippen LogP contribution is -2.29. The van der Waals surface area contributed by atoms with Gasteiger partial charge in [0.15, 0.2) is 5.43 Å². The predicted octanol–water partition coefficient (Wildman–Crippen LogP) is 5.90. The van der Waals surface area contributed by atoms with Crippen molar-refractivity contribution in [3.8, 4) is 5.75 Å². The molecule has 1 amide bonds. The van der Waals surface area contributed by atoms with Crippen LogP contribution in [0.5, 0.6) is 5.75 Å². The second kappa shape index (κ2) is 8.80. The van der Waals surface area contributed by atoms with Gasteiger partial charge in [0.05, 0.1) is 17.0 Å². The van der Waals surface area contributed by atoms with Gasteiger partial charge in [-0.25, -0.2) is 4.39 Å². The van der Waals surface area contributed by atoms with E-state index in [0.29, 0.717) is 22.9 Å². The molecule has 2 heterocycles. The number of benzene rings is 3. The van der Waals surface area contributed by atoms with Crippen molar-refractivity contribution in [2.45, 2.75) is 12.6 Å². The quantitative estimate of drug-likeness (QED) is 0.326. The molecule has 1 aromatic heterocycles. The highest BCUT2D eigenvalue weighted by Gasteiger charge is 2.43. The Hall–Kier alpha value is -3.90. The van der Waals surface area contributed by atoms with Gasteiger partial charge in [-0.05, 0) is 47.5 Å². The second-order valence-corrected chi connectivity index (χ2v) is 8.32. The number of carbonyl (C=O) groups is 1. The van der Waals surface area contributed by atoms with Gasteiger partial charge in [-0.15, -0.1) is 0 Å². The lowest BCUT2D eigenvalue weighted by atomic mass is 9.98. The summed E-state index contributed by atoms with van der Waals surface area (Å²) in [6.45, 7) is 4.15. The molecule has 7 heteroatoms. The fourth-order valence-corrected chi connectivity index (χ4v) is 4.41. The first-order chi connectivity index (χ1) is 16.5. The molecule has 3 aromatic carbocycles. The molecule has 1 atom stereocenters. The molecule has 1 aliphatic heterocycles. The maximum absolute atomic E-state index is 13.9. The molecule has 0 N–H and O–H groups in total. The zero-order chi connectivity index (χ0) is 23.8. The number of amides is 1. The number of ether oxygens (including phenoxy) is 1. The molecule has 170 valence electrons. The Kier molecular flexibility index (Phi) is 5.67. The molecule has 0 radical (unpaired) electrons. The van der Waals surface area contributed by atoms with Crippen LogP contribution in [-0.2, 0) is 6.54 Å². The van der Waals surface area contributed by atoms with Crippen LogP contribution in [-0.4, -0.2) is 17.4 Å². The number of halogens is 2. The third-order valence-electron chi connectivity index (χ3n) is 5.79. The van der Waals surface area contributed by atoms with Crippen LogP contribution < -0.4 is 10.2 Å². The SMILES string of the molecule is C=CCOc1ccc(C2c3c(oc4ccc(F)cc4c3=O)C(=O)N2Cc2ccccc2Cl)cc1. The summed E-state index contributed by atoms with van der Waals surface area (Å²) in [7, 11) is 0. The van der Waals surface area contributed by atoms with Crippen LogP contribution in [0.3, 0.4) is 0 Å². The smallest absolute Gasteiger partial charge is 0.291 e. The summed E-state index contributed by atoms with van der Waals surface area (Å²) in [5.41, 5.74) is 1.31. The van der Waals surface area contributed by atoms with E-state index in [-0.39, 0.29) is 28.8 Å². The summed E-state index contributed by atoms with van der Waals surface area (Å²) in [6.07, 6.45) is 1.64. The average molecular weight is 476 g/mol. The van der Waals surface area contributed by atoms with Gasteiger partial charge in [-0.3, -0.25) is 9.59 Å². The van der Waals surface area contributed by atoms with Gasteiger partial charge < -0.3 is 14.1 Å². The summed E-state index contributed by atoms with van der Waals surface area (Å²) in [5.74, 6) is -0.417. The molecular formula is C27H19ClFNO4. The van der Waals surface area contributed by atoms with Gasteiger partial charge in [0.2, 0.25) is 5.76 Å². The first-order valence-corrected chi connectivity index (χ1v) is 11.0. The van der Waals surface area contributed by atoms with E-state index in [4.69, 9.17) is 20.8 Å². The zero-order valence-corrected chi connectivity index (χ0v) is 18.7. The molecule has 0 bridgehead atoms. The average Bonchev–Trinajstić information content (AvgIpc) is 3.12. The number of nitrogens with zero attached hydrogens (tertiary/aromatic N) is 1. The number of hydrogen-bond acceptors (Lipinski definition) is 4. The zero-order valence-electron chi connectivity index (χ0n) is 18.0. The monoisotopic (exact) mass is 475 g/mol. The minimum atomic E-state index is -0.740. The lowest BCUT2D eigenvalue weighted by Gasteiger charge is -2.25. The first-order valence-electron chi connectivity index (χ1n) is 10.6. The van der Waals surface area contributed by atoms with Crippen LogP contribution in [0.15, 0.2) is 88.6 Å². The van der Waals surface area contributed by atoms with E-state index in [1.165, 1.54) is 12.1 Å². The standard InChI is InChI=1S/C27H19ClFNO4/c1-2-13-33-19-10-7-16(8-11-19)24-23-25(31)20-14-18(29)9-12-22(20)34-26(23)27(32)30(24)15-17-5-3-4-6-21(17)28/h2-12,14,24H,1,13,15H2. The summed E-state index contributed by atoms with van der Waals surface area (Å²) < 4.78 is 25.3. The molecule has 5 nitrogen and oxygen atoms in total. The van der Waals surface area contributed by atoms with Crippen molar-refractivity contribution in [1.82, 2.24) is 4.90 Å². The van der Waals surface area contributed by atoms with Gasteiger partial charge in [0.25, 0.3) is 5.91 Å². The lowest BCUT2D eigenvalue weighted by molar-refractivity contribution is 0.0714. The van der Waals surface area contributed by atoms with Crippen LogP contribution in [0.1, 0.15) is 33.3 Å². The van der Waals surface area contributed by atoms with E-state index in [0.717, 1.165) is 11.6 Å². The van der Waals surface area contributed by atoms with E-state index in [1.54, 1.807) is 47.4 Å². The highest BCUT2D eigenvalue weighted by molar-refractivity contribution is 6.31. The van der Waals surface area contributed by atoms with Crippen molar-refractivity contribution in [1.29, 1.82) is 0 Å². The molecule has 0 fully saturated rings. The van der Waals surface area contributed by atoms with Crippen LogP contribution in [0.25, 0.3) is 11.0 Å². The van der Waals surface area contributed by atoms with Crippen LogP contribution in [0.2, 0.25) is 5.02 Å². The van der Waals surface area contributed by atoms with Crippen molar-refractivity contribution in [3.05, 3.63) is 123 Å². The fourth-order valence-electron chi connectivity index (χ4n) is 4.21. The molecule has 0 saturated carbocycles. The maximum atomic E-state index is 13.9. The summed E-state index contributed by atoms with van der Waals surface area (Å²) in [5, 5.41) is 0.590. The summed E-state index contributed by atoms with van der Waals surface area (Å²) >= 11 is 6.37. The molecule has 0 spiro atoms. The topological polar surface area (TPSA) is 59.8 Å². The van der Waals surface area contributed by atoms with E-state index in [1.807, 2.05) is 12.1 Å². The largest absolute Gasteiger partial charge is 0.490 e. The van der Waals surface area contributed by atoms with E-state index >= 15 is 0 Å². The van der Waals surface area contributed by atoms with Crippen LogP contribution in [0, 0.1) is 5.82 Å². The summed E-state index contributed by atoms with van der Waals surface area (Å²) in [6, 6.07) is 17.2. The van der Waals surface area contributed by atoms with Gasteiger partial charge in [-0.2, -0.15) is 0 Å². The van der Waals surface area contributed by atoms with Gasteiger partial charge in [0.1, 0.15) is 23.8 Å². The van der Waals surface area contributed by atoms with Crippen LogP contribution in [0.4, 0.5) is 4.39 Å². The minimum Gasteiger partial charge on any atom is -0.490 e. The van der Waals surface area contributed by atoms with Gasteiger partial charge >= 0.3 is 0 Å². The number of carbonyl (C=O) groups excluding carboxylic acids is 1. The first kappa shape index (κ1) is 21.9. The van der Waals surface area contributed by atoms with Crippen molar-refractivity contribution in [2.75, 3.05) is 6.61 Å². The summed E-state index contributed by atoms with van der Waals surface area (Å²) in [4.78, 5) is 28.6. The second-order valence-electron chi connectivity index (χ2n) is 7.91. The predicted molar refractivity (Wildman–Crippen MR) is 128 cm³/mol. The highest BCUT2D eigenvalue weighted by atomic mass is 35.5. The Morgan fingerprint density at radius 3 is 2.59 bits per heavy atom. The number of fused-ring (bicyclic) bond motifs is 2. The third-order valence-corrected chi connectivity index (χ3v) is 6.16. The Morgan fingerprint density at radius 2 is 1.85 bits per heavy atom. The molecular weight excluding hydrogens is 457 g/mol. The molecule has 34 heavy (non-hydrogen) atoms. The van der Waals surface area contributed by atoms with Crippen LogP contribution >= 0.6 is 11.6 Å². The van der Waals surface area contributed by atoms with E-state index < -0.39 is 23.2 Å². The Morgan fingerprint density at radius 1 is 1.09 bits per heavy atom. The van der Waals surface area contributed by atoms with Crippen molar-refractivity contribution >= 4 is 28.5 Å². The molecule has 0 saturated heterocycles.